The Hall–Kier alpha value is -2.08. The van der Waals surface area contributed by atoms with Gasteiger partial charge in [-0.1, -0.05) is 18.2 Å². The lowest BCUT2D eigenvalue weighted by Gasteiger charge is -2.13. The van der Waals surface area contributed by atoms with Crippen molar-refractivity contribution in [2.75, 3.05) is 6.54 Å². The van der Waals surface area contributed by atoms with E-state index in [0.29, 0.717) is 12.0 Å². The first-order chi connectivity index (χ1) is 10.4. The molecular weight excluding hydrogens is 298 g/mol. The SMILES string of the molecule is NCC1Cc2cc(-c3ccccc3C(F)(F)F)cc(F)c2O1. The summed E-state index contributed by atoms with van der Waals surface area (Å²) in [6.45, 7) is 0.225. The van der Waals surface area contributed by atoms with Gasteiger partial charge < -0.3 is 10.5 Å². The van der Waals surface area contributed by atoms with Gasteiger partial charge in [-0.2, -0.15) is 13.2 Å². The van der Waals surface area contributed by atoms with Gasteiger partial charge in [0.2, 0.25) is 0 Å². The number of rotatable bonds is 2. The molecule has 0 bridgehead atoms. The predicted octanol–water partition coefficient (Wildman–Crippen LogP) is 3.77. The van der Waals surface area contributed by atoms with Gasteiger partial charge in [0.15, 0.2) is 11.6 Å². The van der Waals surface area contributed by atoms with Gasteiger partial charge in [-0.25, -0.2) is 4.39 Å². The van der Waals surface area contributed by atoms with Crippen LogP contribution < -0.4 is 10.5 Å². The van der Waals surface area contributed by atoms with E-state index in [1.807, 2.05) is 0 Å². The zero-order valence-corrected chi connectivity index (χ0v) is 11.5. The smallest absolute Gasteiger partial charge is 0.417 e. The van der Waals surface area contributed by atoms with Gasteiger partial charge in [0.25, 0.3) is 0 Å². The van der Waals surface area contributed by atoms with Crippen LogP contribution in [0.25, 0.3) is 11.1 Å². The summed E-state index contributed by atoms with van der Waals surface area (Å²) in [5.41, 5.74) is 5.39. The molecule has 0 spiro atoms. The minimum atomic E-state index is -4.50. The summed E-state index contributed by atoms with van der Waals surface area (Å²) in [6.07, 6.45) is -4.44. The average molecular weight is 311 g/mol. The molecule has 1 aliphatic heterocycles. The van der Waals surface area contributed by atoms with Crippen LogP contribution in [-0.4, -0.2) is 12.6 Å². The van der Waals surface area contributed by atoms with E-state index in [2.05, 4.69) is 0 Å². The van der Waals surface area contributed by atoms with Crippen LogP contribution in [0, 0.1) is 5.82 Å². The molecule has 6 heteroatoms. The van der Waals surface area contributed by atoms with Crippen LogP contribution >= 0.6 is 0 Å². The van der Waals surface area contributed by atoms with Crippen molar-refractivity contribution < 1.29 is 22.3 Å². The highest BCUT2D eigenvalue weighted by Gasteiger charge is 2.34. The molecule has 1 atom stereocenters. The zero-order chi connectivity index (χ0) is 15.9. The maximum absolute atomic E-state index is 14.1. The molecule has 22 heavy (non-hydrogen) atoms. The second-order valence-corrected chi connectivity index (χ2v) is 5.17. The average Bonchev–Trinajstić information content (AvgIpc) is 2.90. The fourth-order valence-electron chi connectivity index (χ4n) is 2.66. The van der Waals surface area contributed by atoms with Crippen molar-refractivity contribution >= 4 is 0 Å². The minimum absolute atomic E-state index is 0.0482. The standard InChI is InChI=1S/C16H13F4NO/c17-14-7-9(5-10-6-11(8-21)22-15(10)14)12-3-1-2-4-13(12)16(18,19)20/h1-5,7,11H,6,8,21H2. The van der Waals surface area contributed by atoms with E-state index in [0.717, 1.165) is 12.1 Å². The number of hydrogen-bond donors (Lipinski definition) is 1. The largest absolute Gasteiger partial charge is 0.485 e. The molecule has 3 rings (SSSR count). The normalized spacial score (nSPS) is 17.2. The van der Waals surface area contributed by atoms with Crippen LogP contribution in [0.15, 0.2) is 36.4 Å². The Morgan fingerprint density at radius 3 is 2.59 bits per heavy atom. The van der Waals surface area contributed by atoms with Crippen molar-refractivity contribution in [1.82, 2.24) is 0 Å². The molecular formula is C16H13F4NO. The van der Waals surface area contributed by atoms with E-state index in [9.17, 15) is 17.6 Å². The Bertz CT molecular complexity index is 712. The molecule has 0 fully saturated rings. The maximum atomic E-state index is 14.1. The molecule has 0 amide bonds. The van der Waals surface area contributed by atoms with Gasteiger partial charge in [-0.15, -0.1) is 0 Å². The van der Waals surface area contributed by atoms with Crippen molar-refractivity contribution in [2.45, 2.75) is 18.7 Å². The lowest BCUT2D eigenvalue weighted by atomic mass is 9.96. The van der Waals surface area contributed by atoms with Crippen LogP contribution in [0.2, 0.25) is 0 Å². The predicted molar refractivity (Wildman–Crippen MR) is 74.0 cm³/mol. The first-order valence-corrected chi connectivity index (χ1v) is 6.76. The first kappa shape index (κ1) is 14.8. The number of hydrogen-bond acceptors (Lipinski definition) is 2. The molecule has 1 heterocycles. The van der Waals surface area contributed by atoms with Gasteiger partial charge in [-0.3, -0.25) is 0 Å². The van der Waals surface area contributed by atoms with E-state index < -0.39 is 17.6 Å². The molecule has 0 aromatic heterocycles. The fourth-order valence-corrected chi connectivity index (χ4v) is 2.66. The molecule has 0 radical (unpaired) electrons. The molecule has 0 aliphatic carbocycles. The van der Waals surface area contributed by atoms with E-state index in [1.54, 1.807) is 6.07 Å². The quantitative estimate of drug-likeness (QED) is 0.857. The lowest BCUT2D eigenvalue weighted by Crippen LogP contribution is -2.24. The molecule has 1 unspecified atom stereocenters. The van der Waals surface area contributed by atoms with E-state index in [1.165, 1.54) is 18.2 Å². The van der Waals surface area contributed by atoms with Crippen molar-refractivity contribution in [3.05, 3.63) is 53.3 Å². The monoisotopic (exact) mass is 311 g/mol. The van der Waals surface area contributed by atoms with Crippen LogP contribution in [-0.2, 0) is 12.6 Å². The molecule has 2 N–H and O–H groups in total. The topological polar surface area (TPSA) is 35.2 Å². The third-order valence-electron chi connectivity index (χ3n) is 3.66. The summed E-state index contributed by atoms with van der Waals surface area (Å²) < 4.78 is 58.8. The number of fused-ring (bicyclic) bond motifs is 1. The van der Waals surface area contributed by atoms with Crippen molar-refractivity contribution in [1.29, 1.82) is 0 Å². The van der Waals surface area contributed by atoms with Crippen molar-refractivity contribution in [3.8, 4) is 16.9 Å². The van der Waals surface area contributed by atoms with Crippen molar-refractivity contribution in [2.24, 2.45) is 5.73 Å². The van der Waals surface area contributed by atoms with Crippen LogP contribution in [0.1, 0.15) is 11.1 Å². The second kappa shape index (κ2) is 5.28. The van der Waals surface area contributed by atoms with E-state index in [4.69, 9.17) is 10.5 Å². The summed E-state index contributed by atoms with van der Waals surface area (Å²) in [4.78, 5) is 0. The molecule has 2 nitrogen and oxygen atoms in total. The molecule has 116 valence electrons. The number of halogens is 4. The summed E-state index contributed by atoms with van der Waals surface area (Å²) in [7, 11) is 0. The van der Waals surface area contributed by atoms with Gasteiger partial charge in [0.05, 0.1) is 5.56 Å². The van der Waals surface area contributed by atoms with E-state index >= 15 is 0 Å². The molecule has 2 aromatic rings. The minimum Gasteiger partial charge on any atom is -0.485 e. The Morgan fingerprint density at radius 1 is 1.18 bits per heavy atom. The van der Waals surface area contributed by atoms with E-state index in [-0.39, 0.29) is 29.5 Å². The van der Waals surface area contributed by atoms with Gasteiger partial charge in [0.1, 0.15) is 6.10 Å². The molecule has 1 aliphatic rings. The zero-order valence-electron chi connectivity index (χ0n) is 11.5. The summed E-state index contributed by atoms with van der Waals surface area (Å²) in [5, 5.41) is 0. The van der Waals surface area contributed by atoms with Crippen molar-refractivity contribution in [3.63, 3.8) is 0 Å². The maximum Gasteiger partial charge on any atom is 0.417 e. The highest BCUT2D eigenvalue weighted by Crippen LogP contribution is 2.40. The molecule has 0 saturated heterocycles. The molecule has 2 aromatic carbocycles. The number of nitrogens with two attached hydrogens (primary N) is 1. The Balaban J connectivity index is 2.11. The Labute approximate surface area is 124 Å². The highest BCUT2D eigenvalue weighted by molar-refractivity contribution is 5.70. The van der Waals surface area contributed by atoms with Gasteiger partial charge >= 0.3 is 6.18 Å². The molecule has 0 saturated carbocycles. The third kappa shape index (κ3) is 2.54. The number of ether oxygens (including phenoxy) is 1. The summed E-state index contributed by atoms with van der Waals surface area (Å²) in [5.74, 6) is -0.580. The van der Waals surface area contributed by atoms with Gasteiger partial charge in [-0.05, 0) is 29.3 Å². The second-order valence-electron chi connectivity index (χ2n) is 5.17. The lowest BCUT2D eigenvalue weighted by molar-refractivity contribution is -0.137. The highest BCUT2D eigenvalue weighted by atomic mass is 19.4. The Morgan fingerprint density at radius 2 is 1.91 bits per heavy atom. The number of benzene rings is 2. The van der Waals surface area contributed by atoms with Gasteiger partial charge in [0, 0.05) is 18.5 Å². The van der Waals surface area contributed by atoms with Crippen LogP contribution in [0.5, 0.6) is 5.75 Å². The third-order valence-corrected chi connectivity index (χ3v) is 3.66. The van der Waals surface area contributed by atoms with Crippen LogP contribution in [0.4, 0.5) is 17.6 Å². The summed E-state index contributed by atoms with van der Waals surface area (Å²) >= 11 is 0. The first-order valence-electron chi connectivity index (χ1n) is 6.76. The summed E-state index contributed by atoms with van der Waals surface area (Å²) in [6, 6.07) is 7.74. The van der Waals surface area contributed by atoms with Crippen LogP contribution in [0.3, 0.4) is 0 Å². The number of alkyl halides is 3. The Kier molecular flexibility index (Phi) is 3.56. The fraction of sp³-hybridized carbons (Fsp3) is 0.250.